The predicted molar refractivity (Wildman–Crippen MR) is 155 cm³/mol. The van der Waals surface area contributed by atoms with E-state index in [4.69, 9.17) is 9.72 Å². The number of anilines is 1. The van der Waals surface area contributed by atoms with Gasteiger partial charge in [-0.3, -0.25) is 24.3 Å². The Kier molecular flexibility index (Phi) is 7.46. The molecular formula is C28H28N4O5S2. The second-order valence-corrected chi connectivity index (χ2v) is 11.7. The number of hydrogen-bond donors (Lipinski definition) is 1. The lowest BCUT2D eigenvalue weighted by atomic mass is 9.97. The van der Waals surface area contributed by atoms with Gasteiger partial charge in [0.15, 0.2) is 10.9 Å². The number of rotatable bonds is 7. The molecule has 9 nitrogen and oxygen atoms in total. The van der Waals surface area contributed by atoms with Gasteiger partial charge in [-0.2, -0.15) is 0 Å². The number of aryl methyl sites for hydroxylation is 5. The quantitative estimate of drug-likeness (QED) is 0.129. The number of fused-ring (bicyclic) bond motifs is 3. The number of ether oxygens (including phenoxy) is 1. The summed E-state index contributed by atoms with van der Waals surface area (Å²) < 4.78 is 6.78. The molecule has 0 saturated carbocycles. The molecule has 1 N–H and O–H groups in total. The van der Waals surface area contributed by atoms with Crippen LogP contribution in [0.25, 0.3) is 15.9 Å². The van der Waals surface area contributed by atoms with E-state index in [1.165, 1.54) is 35.9 Å². The molecule has 0 atom stereocenters. The number of nitrogens with zero attached hydrogens (tertiary/aromatic N) is 3. The molecule has 0 fully saturated rings. The first-order valence-electron chi connectivity index (χ1n) is 12.6. The van der Waals surface area contributed by atoms with Gasteiger partial charge in [0, 0.05) is 22.7 Å². The van der Waals surface area contributed by atoms with Gasteiger partial charge in [0.25, 0.3) is 5.56 Å². The van der Waals surface area contributed by atoms with Crippen LogP contribution in [0.4, 0.5) is 11.4 Å². The number of carbonyl (C=O) groups is 1. The fraction of sp³-hybridized carbons (Fsp3) is 0.321. The smallest absolute Gasteiger partial charge is 0.311 e. The van der Waals surface area contributed by atoms with E-state index >= 15 is 0 Å². The third kappa shape index (κ3) is 5.16. The summed E-state index contributed by atoms with van der Waals surface area (Å²) in [6.07, 6.45) is 4.01. The molecule has 39 heavy (non-hydrogen) atoms. The molecule has 1 amide bonds. The first-order valence-corrected chi connectivity index (χ1v) is 14.4. The second kappa shape index (κ2) is 10.8. The standard InChI is InChI=1S/C28H28N4O5S2/c1-15-9-10-20(17(3)11-15)31-27(34)25-18-7-5-6-8-23(18)39-26(25)30-28(31)38-14-24(33)29-19-13-22(37-4)21(32(35)36)12-16(19)2/h9-13H,5-8,14H2,1-4H3,(H,29,33). The number of nitro benzene ring substituents is 1. The highest BCUT2D eigenvalue weighted by Gasteiger charge is 2.24. The van der Waals surface area contributed by atoms with Crippen LogP contribution < -0.4 is 15.6 Å². The zero-order valence-corrected chi connectivity index (χ0v) is 23.8. The van der Waals surface area contributed by atoms with Gasteiger partial charge in [-0.1, -0.05) is 29.5 Å². The molecule has 0 unspecified atom stereocenters. The lowest BCUT2D eigenvalue weighted by Crippen LogP contribution is -2.24. The molecule has 0 bridgehead atoms. The number of nitrogens with one attached hydrogen (secondary N) is 1. The molecule has 2 aromatic heterocycles. The Hall–Kier alpha value is -3.70. The summed E-state index contributed by atoms with van der Waals surface area (Å²) in [5, 5.41) is 15.3. The minimum Gasteiger partial charge on any atom is -0.490 e. The van der Waals surface area contributed by atoms with Crippen LogP contribution in [-0.2, 0) is 17.6 Å². The summed E-state index contributed by atoms with van der Waals surface area (Å²) in [4.78, 5) is 44.6. The number of benzene rings is 2. The van der Waals surface area contributed by atoms with Crippen molar-refractivity contribution < 1.29 is 14.5 Å². The fourth-order valence-corrected chi connectivity index (χ4v) is 7.09. The summed E-state index contributed by atoms with van der Waals surface area (Å²) in [5.74, 6) is -0.274. The Morgan fingerprint density at radius 3 is 2.67 bits per heavy atom. The number of amides is 1. The zero-order chi connectivity index (χ0) is 27.8. The molecule has 4 aromatic rings. The van der Waals surface area contributed by atoms with Gasteiger partial charge in [0.05, 0.1) is 28.9 Å². The topological polar surface area (TPSA) is 116 Å². The molecule has 0 radical (unpaired) electrons. The van der Waals surface area contributed by atoms with Crippen molar-refractivity contribution in [1.82, 2.24) is 9.55 Å². The SMILES string of the molecule is COc1cc(NC(=O)CSc2nc3sc4c(c3c(=O)n2-c2ccc(C)cc2C)CCCC4)c(C)cc1[N+](=O)[O-]. The van der Waals surface area contributed by atoms with E-state index in [-0.39, 0.29) is 28.7 Å². The molecule has 2 aromatic carbocycles. The molecule has 2 heterocycles. The highest BCUT2D eigenvalue weighted by Crippen LogP contribution is 2.36. The highest BCUT2D eigenvalue weighted by atomic mass is 32.2. The van der Waals surface area contributed by atoms with Crippen LogP contribution in [0.1, 0.15) is 40.0 Å². The van der Waals surface area contributed by atoms with E-state index in [1.54, 1.807) is 22.8 Å². The van der Waals surface area contributed by atoms with Crippen molar-refractivity contribution in [3.05, 3.63) is 77.9 Å². The number of carbonyl (C=O) groups excluding carboxylic acids is 1. The molecule has 5 rings (SSSR count). The summed E-state index contributed by atoms with van der Waals surface area (Å²) in [6, 6.07) is 8.74. The molecule has 0 saturated heterocycles. The van der Waals surface area contributed by atoms with Crippen LogP contribution in [0.3, 0.4) is 0 Å². The van der Waals surface area contributed by atoms with Gasteiger partial charge in [-0.25, -0.2) is 4.98 Å². The molecule has 1 aliphatic rings. The van der Waals surface area contributed by atoms with Crippen LogP contribution >= 0.6 is 23.1 Å². The first-order chi connectivity index (χ1) is 18.7. The summed E-state index contributed by atoms with van der Waals surface area (Å²) in [7, 11) is 1.34. The van der Waals surface area contributed by atoms with Crippen molar-refractivity contribution in [3.63, 3.8) is 0 Å². The molecule has 11 heteroatoms. The monoisotopic (exact) mass is 564 g/mol. The maximum Gasteiger partial charge on any atom is 0.311 e. The van der Waals surface area contributed by atoms with Crippen molar-refractivity contribution in [2.45, 2.75) is 51.6 Å². The third-order valence-electron chi connectivity index (χ3n) is 6.88. The zero-order valence-electron chi connectivity index (χ0n) is 22.1. The highest BCUT2D eigenvalue weighted by molar-refractivity contribution is 7.99. The van der Waals surface area contributed by atoms with Gasteiger partial charge in [0.1, 0.15) is 4.83 Å². The van der Waals surface area contributed by atoms with E-state index in [9.17, 15) is 19.7 Å². The van der Waals surface area contributed by atoms with Crippen molar-refractivity contribution in [1.29, 1.82) is 0 Å². The van der Waals surface area contributed by atoms with Crippen molar-refractivity contribution in [3.8, 4) is 11.4 Å². The average Bonchev–Trinajstić information content (AvgIpc) is 3.27. The van der Waals surface area contributed by atoms with Crippen LogP contribution in [0.2, 0.25) is 0 Å². The molecule has 202 valence electrons. The fourth-order valence-electron chi connectivity index (χ4n) is 4.98. The van der Waals surface area contributed by atoms with Gasteiger partial charge in [-0.05, 0) is 69.2 Å². The number of hydrogen-bond acceptors (Lipinski definition) is 8. The van der Waals surface area contributed by atoms with Gasteiger partial charge in [-0.15, -0.1) is 11.3 Å². The van der Waals surface area contributed by atoms with E-state index in [1.807, 2.05) is 32.0 Å². The molecule has 0 spiro atoms. The number of nitro groups is 1. The van der Waals surface area contributed by atoms with Crippen LogP contribution in [0, 0.1) is 30.9 Å². The van der Waals surface area contributed by atoms with Gasteiger partial charge in [0.2, 0.25) is 5.91 Å². The third-order valence-corrected chi connectivity index (χ3v) is 9.00. The summed E-state index contributed by atoms with van der Waals surface area (Å²) >= 11 is 2.77. The minimum atomic E-state index is -0.524. The minimum absolute atomic E-state index is 0.00725. The summed E-state index contributed by atoms with van der Waals surface area (Å²) in [5.41, 5.74) is 4.59. The maximum absolute atomic E-state index is 14.0. The maximum atomic E-state index is 14.0. The molecule has 0 aliphatic heterocycles. The largest absolute Gasteiger partial charge is 0.490 e. The van der Waals surface area contributed by atoms with Crippen LogP contribution in [0.15, 0.2) is 40.3 Å². The van der Waals surface area contributed by atoms with Crippen LogP contribution in [0.5, 0.6) is 5.75 Å². The Labute approximate surface area is 233 Å². The Morgan fingerprint density at radius 1 is 1.18 bits per heavy atom. The van der Waals surface area contributed by atoms with E-state index in [0.29, 0.717) is 26.6 Å². The predicted octanol–water partition coefficient (Wildman–Crippen LogP) is 5.90. The summed E-state index contributed by atoms with van der Waals surface area (Å²) in [6.45, 7) is 5.65. The Bertz CT molecular complexity index is 1690. The van der Waals surface area contributed by atoms with E-state index in [0.717, 1.165) is 48.1 Å². The second-order valence-electron chi connectivity index (χ2n) is 9.65. The lowest BCUT2D eigenvalue weighted by Gasteiger charge is -2.16. The number of thiophene rings is 1. The van der Waals surface area contributed by atoms with Gasteiger partial charge < -0.3 is 10.1 Å². The Balaban J connectivity index is 1.50. The number of methoxy groups -OCH3 is 1. The van der Waals surface area contributed by atoms with E-state index < -0.39 is 4.92 Å². The molecular weight excluding hydrogens is 536 g/mol. The van der Waals surface area contributed by atoms with Crippen LogP contribution in [-0.4, -0.2) is 33.2 Å². The van der Waals surface area contributed by atoms with Gasteiger partial charge >= 0.3 is 5.69 Å². The van der Waals surface area contributed by atoms with Crippen molar-refractivity contribution in [2.75, 3.05) is 18.2 Å². The lowest BCUT2D eigenvalue weighted by molar-refractivity contribution is -0.385. The first kappa shape index (κ1) is 26.9. The van der Waals surface area contributed by atoms with Crippen molar-refractivity contribution >= 4 is 50.6 Å². The molecule has 1 aliphatic carbocycles. The van der Waals surface area contributed by atoms with E-state index in [2.05, 4.69) is 5.32 Å². The number of thioether (sulfide) groups is 1. The number of aromatic nitrogens is 2. The Morgan fingerprint density at radius 2 is 1.95 bits per heavy atom. The average molecular weight is 565 g/mol. The van der Waals surface area contributed by atoms with Crippen molar-refractivity contribution in [2.24, 2.45) is 0 Å². The normalized spacial score (nSPS) is 12.8.